The van der Waals surface area contributed by atoms with Crippen LogP contribution in [-0.4, -0.2) is 64.7 Å². The van der Waals surface area contributed by atoms with Gasteiger partial charge in [0.15, 0.2) is 0 Å². The fourth-order valence-electron chi connectivity index (χ4n) is 3.78. The molecule has 0 amide bonds. The SMILES string of the molecule is CNCc1ccc(-n2cnc(-c3nc(NC4CCN(S(C)(=O)=O)CC4)ncc3Cl)c2)c(Cl)c1. The first-order valence-electron chi connectivity index (χ1n) is 10.5. The molecule has 12 heteroatoms. The number of aromatic nitrogens is 4. The molecule has 2 N–H and O–H groups in total. The molecule has 0 bridgehead atoms. The van der Waals surface area contributed by atoms with Crippen molar-refractivity contribution in [2.24, 2.45) is 0 Å². The standard InChI is InChI=1S/C21H25Cl2N7O2S/c1-24-10-14-3-4-19(16(22)9-14)29-12-18(26-13-29)20-17(23)11-25-21(28-20)27-15-5-7-30(8-6-15)33(2,31)32/h3-4,9,11-13,15,24H,5-8,10H2,1-2H3,(H,25,27,28). The van der Waals surface area contributed by atoms with E-state index in [4.69, 9.17) is 23.2 Å². The van der Waals surface area contributed by atoms with E-state index < -0.39 is 10.0 Å². The van der Waals surface area contributed by atoms with Gasteiger partial charge in [-0.2, -0.15) is 0 Å². The lowest BCUT2D eigenvalue weighted by atomic mass is 10.1. The second kappa shape index (κ2) is 9.94. The molecule has 0 saturated carbocycles. The summed E-state index contributed by atoms with van der Waals surface area (Å²) >= 11 is 12.9. The zero-order valence-corrected chi connectivity index (χ0v) is 20.6. The van der Waals surface area contributed by atoms with Crippen LogP contribution in [0.2, 0.25) is 10.0 Å². The largest absolute Gasteiger partial charge is 0.351 e. The molecule has 0 spiro atoms. The van der Waals surface area contributed by atoms with Gasteiger partial charge in [-0.15, -0.1) is 0 Å². The molecule has 0 atom stereocenters. The minimum Gasteiger partial charge on any atom is -0.351 e. The molecule has 1 aromatic carbocycles. The Balaban J connectivity index is 1.51. The third kappa shape index (κ3) is 5.64. The summed E-state index contributed by atoms with van der Waals surface area (Å²) in [5.74, 6) is 0.427. The number of hydrogen-bond donors (Lipinski definition) is 2. The van der Waals surface area contributed by atoms with Crippen molar-refractivity contribution in [1.82, 2.24) is 29.1 Å². The van der Waals surface area contributed by atoms with E-state index in [2.05, 4.69) is 25.6 Å². The Morgan fingerprint density at radius 3 is 2.58 bits per heavy atom. The van der Waals surface area contributed by atoms with Gasteiger partial charge in [0.05, 0.1) is 28.2 Å². The average molecular weight is 510 g/mol. The Hall–Kier alpha value is -2.24. The number of nitrogens with one attached hydrogen (secondary N) is 2. The van der Waals surface area contributed by atoms with Gasteiger partial charge >= 0.3 is 0 Å². The summed E-state index contributed by atoms with van der Waals surface area (Å²) in [6.07, 6.45) is 7.60. The third-order valence-corrected chi connectivity index (χ3v) is 7.38. The summed E-state index contributed by atoms with van der Waals surface area (Å²) in [5, 5.41) is 7.39. The molecule has 1 aliphatic rings. The Morgan fingerprint density at radius 1 is 1.15 bits per heavy atom. The maximum absolute atomic E-state index is 11.7. The highest BCUT2D eigenvalue weighted by Gasteiger charge is 2.25. The molecular weight excluding hydrogens is 485 g/mol. The van der Waals surface area contributed by atoms with Crippen LogP contribution in [0.25, 0.3) is 17.1 Å². The van der Waals surface area contributed by atoms with E-state index in [0.29, 0.717) is 53.3 Å². The molecule has 4 rings (SSSR count). The van der Waals surface area contributed by atoms with Crippen LogP contribution >= 0.6 is 23.2 Å². The van der Waals surface area contributed by atoms with Crippen molar-refractivity contribution in [2.75, 3.05) is 31.7 Å². The van der Waals surface area contributed by atoms with Gasteiger partial charge in [0.1, 0.15) is 17.7 Å². The van der Waals surface area contributed by atoms with Gasteiger partial charge in [0.25, 0.3) is 0 Å². The van der Waals surface area contributed by atoms with Gasteiger partial charge in [-0.3, -0.25) is 0 Å². The maximum atomic E-state index is 11.7. The number of sulfonamides is 1. The normalized spacial score (nSPS) is 15.6. The monoisotopic (exact) mass is 509 g/mol. The molecular formula is C21H25Cl2N7O2S. The van der Waals surface area contributed by atoms with Crippen molar-refractivity contribution >= 4 is 39.2 Å². The molecule has 0 radical (unpaired) electrons. The number of halogens is 2. The first-order valence-corrected chi connectivity index (χ1v) is 13.1. The number of imidazole rings is 1. The Bertz CT molecular complexity index is 1240. The highest BCUT2D eigenvalue weighted by Crippen LogP contribution is 2.28. The van der Waals surface area contributed by atoms with Crippen molar-refractivity contribution in [2.45, 2.75) is 25.4 Å². The van der Waals surface area contributed by atoms with Crippen LogP contribution < -0.4 is 10.6 Å². The van der Waals surface area contributed by atoms with E-state index in [1.54, 1.807) is 6.33 Å². The summed E-state index contributed by atoms with van der Waals surface area (Å²) in [6.45, 7) is 1.67. The molecule has 9 nitrogen and oxygen atoms in total. The zero-order valence-electron chi connectivity index (χ0n) is 18.3. The summed E-state index contributed by atoms with van der Waals surface area (Å²) < 4.78 is 26.7. The molecule has 176 valence electrons. The first kappa shape index (κ1) is 23.9. The predicted octanol–water partition coefficient (Wildman–Crippen LogP) is 3.19. The second-order valence-corrected chi connectivity index (χ2v) is 10.7. The van der Waals surface area contributed by atoms with Crippen LogP contribution in [-0.2, 0) is 16.6 Å². The Labute approximate surface area is 203 Å². The highest BCUT2D eigenvalue weighted by atomic mass is 35.5. The van der Waals surface area contributed by atoms with E-state index in [9.17, 15) is 8.42 Å². The molecule has 0 aliphatic carbocycles. The minimum absolute atomic E-state index is 0.0736. The number of anilines is 1. The lowest BCUT2D eigenvalue weighted by Gasteiger charge is -2.30. The number of rotatable bonds is 7. The number of piperidine rings is 1. The lowest BCUT2D eigenvalue weighted by Crippen LogP contribution is -2.42. The lowest BCUT2D eigenvalue weighted by molar-refractivity contribution is 0.331. The van der Waals surface area contributed by atoms with Crippen LogP contribution in [0, 0.1) is 0 Å². The van der Waals surface area contributed by atoms with Crippen LogP contribution in [0.4, 0.5) is 5.95 Å². The molecule has 2 aromatic heterocycles. The molecule has 1 aliphatic heterocycles. The van der Waals surface area contributed by atoms with E-state index in [0.717, 1.165) is 17.8 Å². The quantitative estimate of drug-likeness (QED) is 0.503. The highest BCUT2D eigenvalue weighted by molar-refractivity contribution is 7.88. The fraction of sp³-hybridized carbons (Fsp3) is 0.381. The van der Waals surface area contributed by atoms with Crippen LogP contribution in [0.5, 0.6) is 0 Å². The molecule has 33 heavy (non-hydrogen) atoms. The van der Waals surface area contributed by atoms with Crippen molar-refractivity contribution in [3.63, 3.8) is 0 Å². The van der Waals surface area contributed by atoms with E-state index in [-0.39, 0.29) is 6.04 Å². The smallest absolute Gasteiger partial charge is 0.223 e. The minimum atomic E-state index is -3.17. The van der Waals surface area contributed by atoms with Gasteiger partial charge in [0, 0.05) is 31.9 Å². The van der Waals surface area contributed by atoms with Crippen molar-refractivity contribution in [3.8, 4) is 17.1 Å². The first-order chi connectivity index (χ1) is 15.7. The van der Waals surface area contributed by atoms with Gasteiger partial charge in [-0.25, -0.2) is 27.7 Å². The number of hydrogen-bond acceptors (Lipinski definition) is 7. The summed E-state index contributed by atoms with van der Waals surface area (Å²) in [5.41, 5.74) is 2.98. The van der Waals surface area contributed by atoms with Gasteiger partial charge in [-0.05, 0) is 37.6 Å². The summed E-state index contributed by atoms with van der Waals surface area (Å²) in [7, 11) is -1.28. The van der Waals surface area contributed by atoms with Gasteiger partial charge < -0.3 is 15.2 Å². The molecule has 1 fully saturated rings. The number of nitrogens with zero attached hydrogens (tertiary/aromatic N) is 5. The topological polar surface area (TPSA) is 105 Å². The molecule has 3 aromatic rings. The van der Waals surface area contributed by atoms with Crippen LogP contribution in [0.1, 0.15) is 18.4 Å². The van der Waals surface area contributed by atoms with Crippen molar-refractivity contribution < 1.29 is 8.42 Å². The van der Waals surface area contributed by atoms with Crippen LogP contribution in [0.15, 0.2) is 36.9 Å². The second-order valence-electron chi connectivity index (χ2n) is 7.95. The number of benzene rings is 1. The molecule has 1 saturated heterocycles. The Morgan fingerprint density at radius 2 is 1.91 bits per heavy atom. The van der Waals surface area contributed by atoms with E-state index in [1.807, 2.05) is 36.0 Å². The van der Waals surface area contributed by atoms with Gasteiger partial charge in [0.2, 0.25) is 16.0 Å². The van der Waals surface area contributed by atoms with Crippen LogP contribution in [0.3, 0.4) is 0 Å². The van der Waals surface area contributed by atoms with Crippen molar-refractivity contribution in [3.05, 3.63) is 52.5 Å². The Kier molecular flexibility index (Phi) is 7.20. The summed E-state index contributed by atoms with van der Waals surface area (Å²) in [4.78, 5) is 13.3. The van der Waals surface area contributed by atoms with E-state index >= 15 is 0 Å². The maximum Gasteiger partial charge on any atom is 0.223 e. The third-order valence-electron chi connectivity index (χ3n) is 5.50. The predicted molar refractivity (Wildman–Crippen MR) is 130 cm³/mol. The van der Waals surface area contributed by atoms with E-state index in [1.165, 1.54) is 16.8 Å². The molecule has 0 unspecified atom stereocenters. The average Bonchev–Trinajstić information content (AvgIpc) is 3.25. The zero-order chi connectivity index (χ0) is 23.6. The fourth-order valence-corrected chi connectivity index (χ4v) is 5.14. The van der Waals surface area contributed by atoms with Gasteiger partial charge in [-0.1, -0.05) is 29.3 Å². The van der Waals surface area contributed by atoms with Crippen molar-refractivity contribution in [1.29, 1.82) is 0 Å². The molecule has 3 heterocycles. The summed E-state index contributed by atoms with van der Waals surface area (Å²) in [6, 6.07) is 5.94.